The van der Waals surface area contributed by atoms with E-state index in [4.69, 9.17) is 10.5 Å². The number of unbranched alkanes of at least 4 members (excludes halogenated alkanes) is 1. The predicted molar refractivity (Wildman–Crippen MR) is 153 cm³/mol. The molecule has 1 amide bonds. The monoisotopic (exact) mass is 614 g/mol. The van der Waals surface area contributed by atoms with Crippen molar-refractivity contribution in [2.75, 3.05) is 20.7 Å². The summed E-state index contributed by atoms with van der Waals surface area (Å²) in [6.45, 7) is 2.25. The third-order valence-electron chi connectivity index (χ3n) is 8.87. The number of aliphatic hydroxyl groups excluding tert-OH is 2. The summed E-state index contributed by atoms with van der Waals surface area (Å²) in [4.78, 5) is 41.1. The summed E-state index contributed by atoms with van der Waals surface area (Å²) >= 11 is 0. The number of nitrogens with zero attached hydrogens (tertiary/aromatic N) is 1. The number of primary amides is 1. The molecule has 0 bridgehead atoms. The van der Waals surface area contributed by atoms with Crippen LogP contribution in [0.15, 0.2) is 53.3 Å². The summed E-state index contributed by atoms with van der Waals surface area (Å²) in [7, 11) is 3.05. The Hall–Kier alpha value is -4.16. The molecule has 12 heteroatoms. The Labute approximate surface area is 251 Å². The minimum atomic E-state index is -4.53. The van der Waals surface area contributed by atoms with Crippen LogP contribution < -0.4 is 10.5 Å². The minimum absolute atomic E-state index is 0.0564. The maximum Gasteiger partial charge on any atom is 0.416 e. The number of carbonyl (C=O) groups excluding carboxylic acids is 3. The number of ether oxygens (including phenoxy) is 1. The highest BCUT2D eigenvalue weighted by Crippen LogP contribution is 2.53. The fourth-order valence-electron chi connectivity index (χ4n) is 6.79. The molecule has 234 valence electrons. The van der Waals surface area contributed by atoms with Gasteiger partial charge in [0.15, 0.2) is 11.4 Å². The van der Waals surface area contributed by atoms with E-state index in [-0.39, 0.29) is 36.3 Å². The van der Waals surface area contributed by atoms with Gasteiger partial charge in [0.2, 0.25) is 5.78 Å². The molecule has 44 heavy (non-hydrogen) atoms. The van der Waals surface area contributed by atoms with Crippen molar-refractivity contribution in [3.63, 3.8) is 0 Å². The summed E-state index contributed by atoms with van der Waals surface area (Å²) < 4.78 is 45.8. The number of hydrogen-bond donors (Lipinski definition) is 4. The molecule has 1 saturated carbocycles. The molecule has 1 fully saturated rings. The first-order valence-electron chi connectivity index (χ1n) is 14.3. The molecule has 2 aromatic carbocycles. The molecule has 0 radical (unpaired) electrons. The number of likely N-dealkylation sites (N-methyl/N-ethyl adjacent to an activating group) is 1. The van der Waals surface area contributed by atoms with Crippen LogP contribution >= 0.6 is 0 Å². The maximum absolute atomic E-state index is 14.2. The van der Waals surface area contributed by atoms with E-state index < -0.39 is 69.8 Å². The number of halogens is 3. The van der Waals surface area contributed by atoms with Crippen molar-refractivity contribution in [3.8, 4) is 16.9 Å². The third kappa shape index (κ3) is 4.76. The van der Waals surface area contributed by atoms with Crippen LogP contribution in [0.3, 0.4) is 0 Å². The van der Waals surface area contributed by atoms with Crippen LogP contribution in [0, 0.1) is 11.8 Å². The molecule has 0 spiro atoms. The predicted octanol–water partition coefficient (Wildman–Crippen LogP) is 4.12. The Balaban J connectivity index is 1.72. The topological polar surface area (TPSA) is 150 Å². The van der Waals surface area contributed by atoms with Gasteiger partial charge in [0.25, 0.3) is 5.91 Å². The fourth-order valence-corrected chi connectivity index (χ4v) is 6.79. The molecular formula is C32H33F3N2O7. The standard InChI is InChI=1S/C32H33F3N2O7/c1-4-5-12-44-21-11-10-18(15-6-8-17(9-7-15)32(33,34)35)19-13-16-14-20-25(37(2)3)27(39)24(30(36)42)29(41)31(20,43)28(40)22(16)26(38)23(19)21/h6-11,16,20,25,38,41,43H,4-5,12-14H2,1-3H3,(H2,36,42)/t16-,20-,25-,31-/m0/s1. The average Bonchev–Trinajstić information content (AvgIpc) is 2.94. The van der Waals surface area contributed by atoms with Crippen molar-refractivity contribution in [2.45, 2.75) is 50.4 Å². The molecule has 5 rings (SSSR count). The van der Waals surface area contributed by atoms with Gasteiger partial charge in [-0.05, 0) is 74.2 Å². The lowest BCUT2D eigenvalue weighted by molar-refractivity contribution is -0.153. The summed E-state index contributed by atoms with van der Waals surface area (Å²) in [5.41, 5.74) is 2.37. The number of hydrogen-bond acceptors (Lipinski definition) is 8. The van der Waals surface area contributed by atoms with Gasteiger partial charge in [-0.15, -0.1) is 0 Å². The molecule has 0 heterocycles. The number of alkyl halides is 3. The molecular weight excluding hydrogens is 581 g/mol. The number of rotatable bonds is 7. The van der Waals surface area contributed by atoms with Crippen molar-refractivity contribution >= 4 is 23.2 Å². The average molecular weight is 615 g/mol. The number of benzene rings is 2. The smallest absolute Gasteiger partial charge is 0.416 e. The van der Waals surface area contributed by atoms with Crippen molar-refractivity contribution in [1.82, 2.24) is 4.90 Å². The lowest BCUT2D eigenvalue weighted by Crippen LogP contribution is -2.65. The normalized spacial score (nSPS) is 25.1. The van der Waals surface area contributed by atoms with Crippen LogP contribution in [0.5, 0.6) is 5.75 Å². The molecule has 0 saturated heterocycles. The van der Waals surface area contributed by atoms with Gasteiger partial charge in [0.05, 0.1) is 23.8 Å². The quantitative estimate of drug-likeness (QED) is 0.269. The Morgan fingerprint density at radius 1 is 1.11 bits per heavy atom. The van der Waals surface area contributed by atoms with Crippen LogP contribution in [0.1, 0.15) is 42.9 Å². The lowest BCUT2D eigenvalue weighted by Gasteiger charge is -2.50. The van der Waals surface area contributed by atoms with E-state index in [0.29, 0.717) is 23.1 Å². The van der Waals surface area contributed by atoms with Gasteiger partial charge in [-0.2, -0.15) is 13.2 Å². The number of Topliss-reactive ketones (excluding diaryl/α,β-unsaturated/α-hetero) is 2. The number of aliphatic hydroxyl groups is 3. The minimum Gasteiger partial charge on any atom is -0.508 e. The first kappa shape index (κ1) is 31.3. The Kier molecular flexibility index (Phi) is 7.88. The lowest BCUT2D eigenvalue weighted by atomic mass is 9.57. The van der Waals surface area contributed by atoms with E-state index >= 15 is 0 Å². The summed E-state index contributed by atoms with van der Waals surface area (Å²) in [6.07, 6.45) is -2.98. The van der Waals surface area contributed by atoms with E-state index in [2.05, 4.69) is 0 Å². The van der Waals surface area contributed by atoms with Gasteiger partial charge >= 0.3 is 6.18 Å². The van der Waals surface area contributed by atoms with Gasteiger partial charge in [-0.1, -0.05) is 31.5 Å². The number of nitrogens with two attached hydrogens (primary N) is 1. The van der Waals surface area contributed by atoms with E-state index in [1.54, 1.807) is 12.1 Å². The molecule has 2 aromatic rings. The van der Waals surface area contributed by atoms with Gasteiger partial charge in [0.1, 0.15) is 22.8 Å². The Morgan fingerprint density at radius 3 is 2.34 bits per heavy atom. The van der Waals surface area contributed by atoms with Crippen LogP contribution in [-0.2, 0) is 27.0 Å². The molecule has 9 nitrogen and oxygen atoms in total. The molecule has 3 aliphatic rings. The van der Waals surface area contributed by atoms with Gasteiger partial charge in [-0.25, -0.2) is 0 Å². The first-order valence-corrected chi connectivity index (χ1v) is 14.3. The second kappa shape index (κ2) is 11.1. The Morgan fingerprint density at radius 2 is 1.77 bits per heavy atom. The second-order valence-corrected chi connectivity index (χ2v) is 11.7. The number of amides is 1. The van der Waals surface area contributed by atoms with Crippen LogP contribution in [0.2, 0.25) is 0 Å². The van der Waals surface area contributed by atoms with Gasteiger partial charge < -0.3 is 25.8 Å². The number of ketones is 2. The molecule has 5 N–H and O–H groups in total. The van der Waals surface area contributed by atoms with Crippen molar-refractivity contribution in [2.24, 2.45) is 17.6 Å². The zero-order valence-electron chi connectivity index (χ0n) is 24.4. The van der Waals surface area contributed by atoms with Crippen molar-refractivity contribution in [1.29, 1.82) is 0 Å². The van der Waals surface area contributed by atoms with E-state index in [1.165, 1.54) is 31.1 Å². The third-order valence-corrected chi connectivity index (χ3v) is 8.87. The number of fused-ring (bicyclic) bond motifs is 3. The van der Waals surface area contributed by atoms with Crippen LogP contribution in [0.25, 0.3) is 16.9 Å². The summed E-state index contributed by atoms with van der Waals surface area (Å²) in [6, 6.07) is 6.62. The van der Waals surface area contributed by atoms with E-state index in [1.807, 2.05) is 6.92 Å². The molecule has 0 unspecified atom stereocenters. The molecule has 3 aliphatic carbocycles. The highest BCUT2D eigenvalue weighted by molar-refractivity contribution is 6.24. The number of carbonyl (C=O) groups is 3. The van der Waals surface area contributed by atoms with Gasteiger partial charge in [-0.3, -0.25) is 19.3 Å². The van der Waals surface area contributed by atoms with Crippen molar-refractivity contribution < 1.29 is 47.6 Å². The van der Waals surface area contributed by atoms with Crippen LogP contribution in [0.4, 0.5) is 13.2 Å². The zero-order valence-corrected chi connectivity index (χ0v) is 24.4. The van der Waals surface area contributed by atoms with E-state index in [9.17, 15) is 42.9 Å². The Bertz CT molecular complexity index is 1610. The fraction of sp³-hybridized carbons (Fsp3) is 0.406. The summed E-state index contributed by atoms with van der Waals surface area (Å²) in [5.74, 6) is -6.60. The zero-order chi connectivity index (χ0) is 32.3. The first-order chi connectivity index (χ1) is 20.6. The summed E-state index contributed by atoms with van der Waals surface area (Å²) in [5, 5.41) is 34.6. The molecule has 0 aliphatic heterocycles. The van der Waals surface area contributed by atoms with Crippen molar-refractivity contribution in [3.05, 3.63) is 70.0 Å². The highest BCUT2D eigenvalue weighted by atomic mass is 19.4. The SMILES string of the molecule is CCCCOc1ccc(-c2ccc(C(F)(F)F)cc2)c2c1C(O)=C1C(=O)[C@]3(O)C(O)=C(C(N)=O)C(=O)[C@@H](N(C)C)[C@@H]3C[C@@H]1C2. The second-order valence-electron chi connectivity index (χ2n) is 11.7. The van der Waals surface area contributed by atoms with Crippen LogP contribution in [-0.4, -0.2) is 70.0 Å². The highest BCUT2D eigenvalue weighted by Gasteiger charge is 2.64. The molecule has 0 aromatic heterocycles. The van der Waals surface area contributed by atoms with E-state index in [0.717, 1.165) is 18.6 Å². The molecule has 4 atom stereocenters. The maximum atomic E-state index is 14.2. The van der Waals surface area contributed by atoms with Gasteiger partial charge in [0, 0.05) is 11.5 Å². The largest absolute Gasteiger partial charge is 0.508 e.